The number of hydrogen-bond acceptors (Lipinski definition) is 4. The molecule has 2 N–H and O–H groups in total. The number of carbonyl (C=O) groups excluding carboxylic acids is 2. The van der Waals surface area contributed by atoms with Gasteiger partial charge in [0.05, 0.1) is 18.2 Å². The van der Waals surface area contributed by atoms with Gasteiger partial charge in [-0.25, -0.2) is 9.59 Å². The molecule has 0 bridgehead atoms. The summed E-state index contributed by atoms with van der Waals surface area (Å²) in [5.41, 5.74) is 2.40. The first kappa shape index (κ1) is 17.4. The molecule has 1 aromatic rings. The third-order valence-electron chi connectivity index (χ3n) is 3.50. The summed E-state index contributed by atoms with van der Waals surface area (Å²) >= 11 is 1.66. The molecule has 5 nitrogen and oxygen atoms in total. The molecule has 6 heteroatoms. The number of benzene rings is 1. The molecule has 1 aromatic carbocycles. The average Bonchev–Trinajstić information content (AvgIpc) is 2.55. The number of amides is 2. The van der Waals surface area contributed by atoms with Crippen molar-refractivity contribution in [3.8, 4) is 0 Å². The standard InChI is InChI=1S/C17H22N2O3S/c1-3-13-15(16(20)22-4-2)14(19-17(21)18-13)11-23-10-12-8-6-5-7-9-12/h5-9,13H,3-4,10-11H2,1-2H3,(H2,18,19,21). The van der Waals surface area contributed by atoms with Gasteiger partial charge in [-0.05, 0) is 18.9 Å². The number of esters is 1. The van der Waals surface area contributed by atoms with Crippen LogP contribution in [0, 0.1) is 0 Å². The zero-order valence-corrected chi connectivity index (χ0v) is 14.2. The molecule has 1 aliphatic heterocycles. The van der Waals surface area contributed by atoms with Crippen LogP contribution in [0.1, 0.15) is 25.8 Å². The summed E-state index contributed by atoms with van der Waals surface area (Å²) in [6, 6.07) is 9.54. The van der Waals surface area contributed by atoms with E-state index in [4.69, 9.17) is 4.74 Å². The predicted molar refractivity (Wildman–Crippen MR) is 92.0 cm³/mol. The summed E-state index contributed by atoms with van der Waals surface area (Å²) in [6.45, 7) is 4.03. The molecule has 23 heavy (non-hydrogen) atoms. The first-order valence-electron chi connectivity index (χ1n) is 7.75. The van der Waals surface area contributed by atoms with Crippen molar-refractivity contribution in [2.24, 2.45) is 0 Å². The van der Waals surface area contributed by atoms with Crippen molar-refractivity contribution >= 4 is 23.8 Å². The van der Waals surface area contributed by atoms with Gasteiger partial charge in [0.1, 0.15) is 0 Å². The van der Waals surface area contributed by atoms with Gasteiger partial charge >= 0.3 is 12.0 Å². The molecule has 2 amide bonds. The molecule has 1 heterocycles. The van der Waals surface area contributed by atoms with Crippen molar-refractivity contribution in [2.75, 3.05) is 12.4 Å². The lowest BCUT2D eigenvalue weighted by Gasteiger charge is -2.28. The summed E-state index contributed by atoms with van der Waals surface area (Å²) in [4.78, 5) is 24.0. The minimum atomic E-state index is -0.359. The maximum atomic E-state index is 12.2. The summed E-state index contributed by atoms with van der Waals surface area (Å²) in [5.74, 6) is 1.02. The molecule has 0 aliphatic carbocycles. The van der Waals surface area contributed by atoms with Gasteiger partial charge in [0, 0.05) is 17.2 Å². The molecular weight excluding hydrogens is 312 g/mol. The Morgan fingerprint density at radius 3 is 2.61 bits per heavy atom. The molecule has 1 unspecified atom stereocenters. The van der Waals surface area contributed by atoms with Gasteiger partial charge in [0.2, 0.25) is 0 Å². The Hall–Kier alpha value is -1.95. The molecule has 1 atom stereocenters. The maximum absolute atomic E-state index is 12.2. The summed E-state index contributed by atoms with van der Waals surface area (Å²) < 4.78 is 5.15. The van der Waals surface area contributed by atoms with Gasteiger partial charge in [-0.15, -0.1) is 0 Å². The van der Waals surface area contributed by atoms with Crippen LogP contribution in [-0.4, -0.2) is 30.4 Å². The van der Waals surface area contributed by atoms with Crippen molar-refractivity contribution in [2.45, 2.75) is 32.1 Å². The zero-order valence-electron chi connectivity index (χ0n) is 13.4. The second-order valence-corrected chi connectivity index (χ2v) is 6.14. The normalized spacial score (nSPS) is 17.5. The van der Waals surface area contributed by atoms with E-state index in [0.717, 1.165) is 5.75 Å². The lowest BCUT2D eigenvalue weighted by molar-refractivity contribution is -0.139. The van der Waals surface area contributed by atoms with E-state index in [9.17, 15) is 9.59 Å². The van der Waals surface area contributed by atoms with Gasteiger partial charge in [0.15, 0.2) is 0 Å². The van der Waals surface area contributed by atoms with E-state index in [1.807, 2.05) is 25.1 Å². The van der Waals surface area contributed by atoms with E-state index in [1.54, 1.807) is 18.7 Å². The Bertz CT molecular complexity index is 587. The molecule has 0 spiro atoms. The Labute approximate surface area is 140 Å². The summed E-state index contributed by atoms with van der Waals surface area (Å²) in [6.07, 6.45) is 0.647. The number of hydrogen-bond donors (Lipinski definition) is 2. The molecule has 0 aromatic heterocycles. The third-order valence-corrected chi connectivity index (χ3v) is 4.54. The number of rotatable bonds is 7. The molecule has 1 aliphatic rings. The molecule has 124 valence electrons. The molecule has 0 radical (unpaired) electrons. The number of urea groups is 1. The van der Waals surface area contributed by atoms with Crippen LogP contribution >= 0.6 is 11.8 Å². The van der Waals surface area contributed by atoms with Crippen molar-refractivity contribution in [3.05, 3.63) is 47.2 Å². The summed E-state index contributed by atoms with van der Waals surface area (Å²) in [5, 5.41) is 5.54. The molecule has 2 rings (SSSR count). The van der Waals surface area contributed by atoms with Crippen molar-refractivity contribution in [1.29, 1.82) is 0 Å². The van der Waals surface area contributed by atoms with Crippen molar-refractivity contribution in [3.63, 3.8) is 0 Å². The van der Waals surface area contributed by atoms with E-state index < -0.39 is 0 Å². The highest BCUT2D eigenvalue weighted by molar-refractivity contribution is 7.98. The first-order chi connectivity index (χ1) is 11.2. The number of nitrogens with one attached hydrogen (secondary N) is 2. The van der Waals surface area contributed by atoms with Gasteiger partial charge in [-0.1, -0.05) is 37.3 Å². The van der Waals surface area contributed by atoms with Gasteiger partial charge < -0.3 is 15.4 Å². The number of ether oxygens (including phenoxy) is 1. The van der Waals surface area contributed by atoms with E-state index >= 15 is 0 Å². The van der Waals surface area contributed by atoms with Crippen LogP contribution in [-0.2, 0) is 15.3 Å². The molecule has 0 saturated heterocycles. The molecule has 0 saturated carbocycles. The van der Waals surface area contributed by atoms with E-state index in [2.05, 4.69) is 22.8 Å². The van der Waals surface area contributed by atoms with Crippen molar-refractivity contribution in [1.82, 2.24) is 10.6 Å². The van der Waals surface area contributed by atoms with Crippen LogP contribution in [0.2, 0.25) is 0 Å². The van der Waals surface area contributed by atoms with Crippen LogP contribution in [0.15, 0.2) is 41.6 Å². The third kappa shape index (κ3) is 4.76. The summed E-state index contributed by atoms with van der Waals surface area (Å²) in [7, 11) is 0. The zero-order chi connectivity index (χ0) is 16.7. The number of thioether (sulfide) groups is 1. The first-order valence-corrected chi connectivity index (χ1v) is 8.90. The predicted octanol–water partition coefficient (Wildman–Crippen LogP) is 2.83. The monoisotopic (exact) mass is 334 g/mol. The fraction of sp³-hybridized carbons (Fsp3) is 0.412. The van der Waals surface area contributed by atoms with Crippen LogP contribution < -0.4 is 10.6 Å². The van der Waals surface area contributed by atoms with E-state index in [1.165, 1.54) is 5.56 Å². The average molecular weight is 334 g/mol. The fourth-order valence-electron chi connectivity index (χ4n) is 2.42. The Balaban J connectivity index is 2.11. The van der Waals surface area contributed by atoms with Gasteiger partial charge in [-0.2, -0.15) is 11.8 Å². The Morgan fingerprint density at radius 1 is 1.22 bits per heavy atom. The van der Waals surface area contributed by atoms with Gasteiger partial charge in [-0.3, -0.25) is 0 Å². The lowest BCUT2D eigenvalue weighted by atomic mass is 10.0. The maximum Gasteiger partial charge on any atom is 0.337 e. The molecule has 0 fully saturated rings. The topological polar surface area (TPSA) is 67.4 Å². The molecular formula is C17H22N2O3S. The highest BCUT2D eigenvalue weighted by Crippen LogP contribution is 2.22. The van der Waals surface area contributed by atoms with Crippen LogP contribution in [0.4, 0.5) is 4.79 Å². The van der Waals surface area contributed by atoms with Gasteiger partial charge in [0.25, 0.3) is 0 Å². The fourth-order valence-corrected chi connectivity index (χ4v) is 3.38. The second-order valence-electron chi connectivity index (χ2n) is 5.15. The SMILES string of the molecule is CCOC(=O)C1=C(CSCc2ccccc2)NC(=O)NC1CC. The Morgan fingerprint density at radius 2 is 1.96 bits per heavy atom. The quantitative estimate of drug-likeness (QED) is 0.753. The Kier molecular flexibility index (Phi) is 6.52. The van der Waals surface area contributed by atoms with Crippen LogP contribution in [0.3, 0.4) is 0 Å². The van der Waals surface area contributed by atoms with Crippen molar-refractivity contribution < 1.29 is 14.3 Å². The lowest BCUT2D eigenvalue weighted by Crippen LogP contribution is -2.50. The smallest absolute Gasteiger partial charge is 0.337 e. The van der Waals surface area contributed by atoms with Crippen LogP contribution in [0.25, 0.3) is 0 Å². The minimum absolute atomic E-state index is 0.264. The highest BCUT2D eigenvalue weighted by atomic mass is 32.2. The highest BCUT2D eigenvalue weighted by Gasteiger charge is 2.31. The minimum Gasteiger partial charge on any atom is -0.463 e. The number of carbonyl (C=O) groups is 2. The van der Waals surface area contributed by atoms with E-state index in [0.29, 0.717) is 30.1 Å². The largest absolute Gasteiger partial charge is 0.463 e. The van der Waals surface area contributed by atoms with E-state index in [-0.39, 0.29) is 18.0 Å². The van der Waals surface area contributed by atoms with Crippen LogP contribution in [0.5, 0.6) is 0 Å². The second kappa shape index (κ2) is 8.62.